The van der Waals surface area contributed by atoms with Gasteiger partial charge in [-0.15, -0.1) is 0 Å². The smallest absolute Gasteiger partial charge is 0.240 e. The number of unbranched alkanes of at least 4 members (excludes halogenated alkanes) is 1. The molecule has 2 fully saturated rings. The zero-order chi connectivity index (χ0) is 13.0. The Hall–Kier alpha value is -0.610. The molecule has 2 aliphatic heterocycles. The van der Waals surface area contributed by atoms with Crippen molar-refractivity contribution in [3.05, 3.63) is 0 Å². The molecule has 0 aromatic heterocycles. The molecule has 18 heavy (non-hydrogen) atoms. The van der Waals surface area contributed by atoms with Gasteiger partial charge in [0.2, 0.25) is 5.91 Å². The first-order chi connectivity index (χ1) is 8.70. The van der Waals surface area contributed by atoms with Gasteiger partial charge in [0.05, 0.1) is 12.7 Å². The van der Waals surface area contributed by atoms with E-state index in [9.17, 15) is 4.79 Å². The normalized spacial score (nSPS) is 30.1. The van der Waals surface area contributed by atoms with Crippen molar-refractivity contribution < 1.29 is 4.79 Å². The van der Waals surface area contributed by atoms with Crippen LogP contribution in [0.3, 0.4) is 0 Å². The molecular weight excluding hydrogens is 226 g/mol. The molecule has 4 heteroatoms. The fraction of sp³-hybridized carbons (Fsp3) is 0.929. The van der Waals surface area contributed by atoms with Crippen LogP contribution in [0.5, 0.6) is 0 Å². The molecule has 0 spiro atoms. The van der Waals surface area contributed by atoms with E-state index in [0.29, 0.717) is 11.8 Å². The summed E-state index contributed by atoms with van der Waals surface area (Å²) >= 11 is 0. The minimum Gasteiger partial charge on any atom is -0.328 e. The number of hydrogen-bond donors (Lipinski definition) is 1. The lowest BCUT2D eigenvalue weighted by Crippen LogP contribution is -2.40. The second-order valence-corrected chi connectivity index (χ2v) is 5.89. The lowest BCUT2D eigenvalue weighted by atomic mass is 9.98. The number of nitrogens with zero attached hydrogens (tertiary/aromatic N) is 2. The topological polar surface area (TPSA) is 35.6 Å². The summed E-state index contributed by atoms with van der Waals surface area (Å²) in [6.45, 7) is 6.23. The van der Waals surface area contributed by atoms with Crippen LogP contribution in [-0.2, 0) is 4.79 Å². The molecule has 2 atom stereocenters. The minimum atomic E-state index is 0.0891. The first-order valence-corrected chi connectivity index (χ1v) is 7.41. The molecule has 0 bridgehead atoms. The van der Waals surface area contributed by atoms with Crippen LogP contribution in [0.25, 0.3) is 0 Å². The van der Waals surface area contributed by atoms with E-state index >= 15 is 0 Å². The van der Waals surface area contributed by atoms with Crippen molar-refractivity contribution in [1.29, 1.82) is 0 Å². The van der Waals surface area contributed by atoms with Gasteiger partial charge in [-0.3, -0.25) is 10.1 Å². The largest absolute Gasteiger partial charge is 0.328 e. The molecule has 2 saturated heterocycles. The van der Waals surface area contributed by atoms with E-state index in [1.54, 1.807) is 0 Å². The molecule has 104 valence electrons. The fourth-order valence-electron chi connectivity index (χ4n) is 3.13. The summed E-state index contributed by atoms with van der Waals surface area (Å²) < 4.78 is 0. The summed E-state index contributed by atoms with van der Waals surface area (Å²) in [5, 5.41) is 3.35. The van der Waals surface area contributed by atoms with Gasteiger partial charge in [-0.25, -0.2) is 0 Å². The number of rotatable bonds is 5. The van der Waals surface area contributed by atoms with Crippen molar-refractivity contribution in [1.82, 2.24) is 15.1 Å². The molecule has 0 aromatic carbocycles. The summed E-state index contributed by atoms with van der Waals surface area (Å²) in [5.74, 6) is 0.996. The monoisotopic (exact) mass is 253 g/mol. The standard InChI is InChI=1S/C14H27N3O/c1-3-4-7-13-14(18)17(11-15-13)10-12-6-5-8-16(2)9-12/h12-13,15H,3-11H2,1-2H3. The first kappa shape index (κ1) is 13.8. The van der Waals surface area contributed by atoms with Crippen LogP contribution < -0.4 is 5.32 Å². The SMILES string of the molecule is CCCCC1NCN(CC2CCCN(C)C2)C1=O. The third kappa shape index (κ3) is 3.45. The Morgan fingerprint density at radius 3 is 3.00 bits per heavy atom. The third-order valence-corrected chi connectivity index (χ3v) is 4.19. The van der Waals surface area contributed by atoms with Crippen molar-refractivity contribution >= 4 is 5.91 Å². The highest BCUT2D eigenvalue weighted by Crippen LogP contribution is 2.19. The predicted molar refractivity (Wildman–Crippen MR) is 73.2 cm³/mol. The molecular formula is C14H27N3O. The fourth-order valence-corrected chi connectivity index (χ4v) is 3.13. The molecule has 0 saturated carbocycles. The summed E-state index contributed by atoms with van der Waals surface area (Å²) in [7, 11) is 2.18. The Balaban J connectivity index is 1.78. The van der Waals surface area contributed by atoms with E-state index in [0.717, 1.165) is 32.6 Å². The highest BCUT2D eigenvalue weighted by molar-refractivity contribution is 5.83. The number of carbonyl (C=O) groups is 1. The van der Waals surface area contributed by atoms with Gasteiger partial charge in [-0.2, -0.15) is 0 Å². The highest BCUT2D eigenvalue weighted by atomic mass is 16.2. The number of hydrogen-bond acceptors (Lipinski definition) is 3. The lowest BCUT2D eigenvalue weighted by Gasteiger charge is -2.32. The molecule has 0 aromatic rings. The van der Waals surface area contributed by atoms with E-state index in [4.69, 9.17) is 0 Å². The molecule has 0 radical (unpaired) electrons. The average Bonchev–Trinajstić information content (AvgIpc) is 2.69. The number of likely N-dealkylation sites (tertiary alicyclic amines) is 1. The molecule has 1 N–H and O–H groups in total. The molecule has 1 amide bonds. The van der Waals surface area contributed by atoms with E-state index in [1.165, 1.54) is 25.8 Å². The Kier molecular flexibility index (Phi) is 5.01. The van der Waals surface area contributed by atoms with Crippen molar-refractivity contribution in [2.75, 3.05) is 33.4 Å². The second kappa shape index (κ2) is 6.53. The van der Waals surface area contributed by atoms with Crippen LogP contribution in [0.4, 0.5) is 0 Å². The summed E-state index contributed by atoms with van der Waals surface area (Å²) in [6, 6.07) is 0.0891. The minimum absolute atomic E-state index is 0.0891. The average molecular weight is 253 g/mol. The van der Waals surface area contributed by atoms with Gasteiger partial charge in [0.1, 0.15) is 0 Å². The van der Waals surface area contributed by atoms with Crippen LogP contribution in [-0.4, -0.2) is 55.1 Å². The summed E-state index contributed by atoms with van der Waals surface area (Å²) in [4.78, 5) is 16.6. The molecule has 2 heterocycles. The first-order valence-electron chi connectivity index (χ1n) is 7.41. The van der Waals surface area contributed by atoms with Gasteiger partial charge >= 0.3 is 0 Å². The highest BCUT2D eigenvalue weighted by Gasteiger charge is 2.32. The van der Waals surface area contributed by atoms with Gasteiger partial charge in [0.25, 0.3) is 0 Å². The Morgan fingerprint density at radius 2 is 2.28 bits per heavy atom. The predicted octanol–water partition coefficient (Wildman–Crippen LogP) is 1.28. The molecule has 0 aliphatic carbocycles. The van der Waals surface area contributed by atoms with Crippen molar-refractivity contribution in [2.45, 2.75) is 45.1 Å². The quantitative estimate of drug-likeness (QED) is 0.801. The molecule has 4 nitrogen and oxygen atoms in total. The van der Waals surface area contributed by atoms with Crippen LogP contribution in [0.2, 0.25) is 0 Å². The van der Waals surface area contributed by atoms with Gasteiger partial charge < -0.3 is 9.80 Å². The Morgan fingerprint density at radius 1 is 1.44 bits per heavy atom. The summed E-state index contributed by atoms with van der Waals surface area (Å²) in [6.07, 6.45) is 5.85. The molecule has 2 unspecified atom stereocenters. The molecule has 2 aliphatic rings. The zero-order valence-electron chi connectivity index (χ0n) is 11.8. The van der Waals surface area contributed by atoms with Gasteiger partial charge in [0, 0.05) is 13.1 Å². The second-order valence-electron chi connectivity index (χ2n) is 5.89. The molecule has 2 rings (SSSR count). The van der Waals surface area contributed by atoms with Crippen LogP contribution in [0, 0.1) is 5.92 Å². The van der Waals surface area contributed by atoms with Gasteiger partial charge in [-0.1, -0.05) is 19.8 Å². The lowest BCUT2D eigenvalue weighted by molar-refractivity contribution is -0.129. The Bertz CT molecular complexity index is 282. The van der Waals surface area contributed by atoms with E-state index in [-0.39, 0.29) is 6.04 Å². The van der Waals surface area contributed by atoms with E-state index in [2.05, 4.69) is 24.2 Å². The maximum Gasteiger partial charge on any atom is 0.240 e. The number of nitrogens with one attached hydrogen (secondary N) is 1. The van der Waals surface area contributed by atoms with E-state index in [1.807, 2.05) is 4.90 Å². The van der Waals surface area contributed by atoms with Crippen LogP contribution in [0.15, 0.2) is 0 Å². The van der Waals surface area contributed by atoms with Crippen molar-refractivity contribution in [3.8, 4) is 0 Å². The van der Waals surface area contributed by atoms with E-state index < -0.39 is 0 Å². The van der Waals surface area contributed by atoms with Crippen LogP contribution >= 0.6 is 0 Å². The summed E-state index contributed by atoms with van der Waals surface area (Å²) in [5.41, 5.74) is 0. The Labute approximate surface area is 111 Å². The van der Waals surface area contributed by atoms with Crippen molar-refractivity contribution in [2.24, 2.45) is 5.92 Å². The maximum atomic E-state index is 12.2. The van der Waals surface area contributed by atoms with Crippen LogP contribution in [0.1, 0.15) is 39.0 Å². The zero-order valence-corrected chi connectivity index (χ0v) is 11.8. The number of carbonyl (C=O) groups excluding carboxylic acids is 1. The van der Waals surface area contributed by atoms with Gasteiger partial charge in [-0.05, 0) is 38.8 Å². The number of amides is 1. The van der Waals surface area contributed by atoms with Gasteiger partial charge in [0.15, 0.2) is 0 Å². The number of piperidine rings is 1. The van der Waals surface area contributed by atoms with Crippen molar-refractivity contribution in [3.63, 3.8) is 0 Å². The maximum absolute atomic E-state index is 12.2. The third-order valence-electron chi connectivity index (χ3n) is 4.19.